The van der Waals surface area contributed by atoms with Crippen molar-refractivity contribution in [1.29, 1.82) is 0 Å². The number of halogens is 1. The van der Waals surface area contributed by atoms with Crippen LogP contribution in [0, 0.1) is 0 Å². The van der Waals surface area contributed by atoms with Gasteiger partial charge in [-0.05, 0) is 46.2 Å². The van der Waals surface area contributed by atoms with Gasteiger partial charge in [0.25, 0.3) is 0 Å². The summed E-state index contributed by atoms with van der Waals surface area (Å²) < 4.78 is 9.75. The first kappa shape index (κ1) is 22.8. The Balaban J connectivity index is 1.79. The molecule has 0 radical (unpaired) electrons. The summed E-state index contributed by atoms with van der Waals surface area (Å²) in [5.41, 5.74) is 3.89. The van der Waals surface area contributed by atoms with Crippen LogP contribution in [0.25, 0.3) is 33.1 Å². The molecular formula is C25H29BrN4OSi. The molecular weight excluding hydrogens is 480 g/mol. The minimum Gasteiger partial charge on any atom is -0.409 e. The third-order valence-corrected chi connectivity index (χ3v) is 11.7. The minimum absolute atomic E-state index is 0.119. The first-order valence-electron chi connectivity index (χ1n) is 10.8. The average Bonchev–Trinajstić information content (AvgIpc) is 3.03. The van der Waals surface area contributed by atoms with E-state index in [4.69, 9.17) is 4.43 Å². The lowest BCUT2D eigenvalue weighted by molar-refractivity contribution is 0.205. The summed E-state index contributed by atoms with van der Waals surface area (Å²) >= 11 is 3.86. The fraction of sp³-hybridized carbons (Fsp3) is 0.320. The SMILES string of the molecule is C=CC(Cn1c(Br)c(-c2cnc3ccccc3c2)c2cncnc21)O[Si](C)(C)C(C)(C)C. The van der Waals surface area contributed by atoms with E-state index >= 15 is 0 Å². The van der Waals surface area contributed by atoms with Gasteiger partial charge in [-0.3, -0.25) is 4.98 Å². The van der Waals surface area contributed by atoms with Crippen molar-refractivity contribution < 1.29 is 4.43 Å². The lowest BCUT2D eigenvalue weighted by atomic mass is 10.1. The number of hydrogen-bond donors (Lipinski definition) is 0. The van der Waals surface area contributed by atoms with Crippen molar-refractivity contribution in [1.82, 2.24) is 19.5 Å². The summed E-state index contributed by atoms with van der Waals surface area (Å²) in [5, 5.41) is 2.19. The van der Waals surface area contributed by atoms with Gasteiger partial charge in [-0.1, -0.05) is 45.0 Å². The highest BCUT2D eigenvalue weighted by Gasteiger charge is 2.39. The van der Waals surface area contributed by atoms with Crippen molar-refractivity contribution in [3.8, 4) is 11.1 Å². The molecule has 0 aliphatic carbocycles. The van der Waals surface area contributed by atoms with Gasteiger partial charge in [0.15, 0.2) is 8.32 Å². The highest BCUT2D eigenvalue weighted by molar-refractivity contribution is 9.10. The molecule has 4 aromatic rings. The molecule has 4 rings (SSSR count). The second kappa shape index (κ2) is 8.54. The van der Waals surface area contributed by atoms with Crippen LogP contribution in [0.5, 0.6) is 0 Å². The monoisotopic (exact) mass is 508 g/mol. The molecule has 3 heterocycles. The van der Waals surface area contributed by atoms with Gasteiger partial charge in [-0.25, -0.2) is 9.97 Å². The maximum atomic E-state index is 6.66. The Morgan fingerprint density at radius 2 is 1.94 bits per heavy atom. The van der Waals surface area contributed by atoms with Crippen molar-refractivity contribution in [2.24, 2.45) is 0 Å². The molecule has 0 N–H and O–H groups in total. The molecule has 0 bridgehead atoms. The molecule has 0 aliphatic rings. The summed E-state index contributed by atoms with van der Waals surface area (Å²) in [6, 6.07) is 10.3. The van der Waals surface area contributed by atoms with Gasteiger partial charge in [-0.15, -0.1) is 6.58 Å². The summed E-state index contributed by atoms with van der Waals surface area (Å²) in [6.07, 6.45) is 7.14. The summed E-state index contributed by atoms with van der Waals surface area (Å²) in [6.45, 7) is 15.9. The second-order valence-electron chi connectivity index (χ2n) is 9.61. The average molecular weight is 510 g/mol. The Bertz CT molecular complexity index is 1290. The quantitative estimate of drug-likeness (QED) is 0.208. The van der Waals surface area contributed by atoms with Gasteiger partial charge >= 0.3 is 0 Å². The fourth-order valence-corrected chi connectivity index (χ4v) is 5.63. The number of fused-ring (bicyclic) bond motifs is 2. The fourth-order valence-electron chi connectivity index (χ4n) is 3.60. The van der Waals surface area contributed by atoms with Gasteiger partial charge < -0.3 is 8.99 Å². The first-order chi connectivity index (χ1) is 15.1. The van der Waals surface area contributed by atoms with Crippen LogP contribution in [-0.2, 0) is 11.0 Å². The van der Waals surface area contributed by atoms with E-state index in [2.05, 4.69) is 88.0 Å². The van der Waals surface area contributed by atoms with Crippen LogP contribution in [-0.4, -0.2) is 33.9 Å². The maximum absolute atomic E-state index is 6.66. The van der Waals surface area contributed by atoms with Crippen LogP contribution < -0.4 is 0 Å². The Labute approximate surface area is 198 Å². The Morgan fingerprint density at radius 1 is 1.19 bits per heavy atom. The molecule has 3 aromatic heterocycles. The molecule has 0 amide bonds. The van der Waals surface area contributed by atoms with Crippen molar-refractivity contribution >= 4 is 46.2 Å². The summed E-state index contributed by atoms with van der Waals surface area (Å²) in [5.74, 6) is 0. The van der Waals surface area contributed by atoms with E-state index in [-0.39, 0.29) is 11.1 Å². The molecule has 0 aliphatic heterocycles. The highest BCUT2D eigenvalue weighted by Crippen LogP contribution is 2.40. The van der Waals surface area contributed by atoms with Crippen molar-refractivity contribution in [2.45, 2.75) is 51.6 Å². The Morgan fingerprint density at radius 3 is 2.66 bits per heavy atom. The summed E-state index contributed by atoms with van der Waals surface area (Å²) in [7, 11) is -1.96. The molecule has 0 fully saturated rings. The first-order valence-corrected chi connectivity index (χ1v) is 14.5. The van der Waals surface area contributed by atoms with E-state index in [0.717, 1.165) is 37.7 Å². The molecule has 1 atom stereocenters. The lowest BCUT2D eigenvalue weighted by Crippen LogP contribution is -2.44. The maximum Gasteiger partial charge on any atom is 0.192 e. The minimum atomic E-state index is -1.96. The standard InChI is InChI=1S/C25H29BrN4OSi/c1-7-19(31-32(5,6)25(2,3)4)15-30-23(26)22(20-14-27-16-29-24(20)30)18-12-17-10-8-9-11-21(17)28-13-18/h7-14,16,19H,1,15H2,2-6H3. The smallest absolute Gasteiger partial charge is 0.192 e. The molecule has 7 heteroatoms. The predicted octanol–water partition coefficient (Wildman–Crippen LogP) is 6.99. The molecule has 32 heavy (non-hydrogen) atoms. The molecule has 5 nitrogen and oxygen atoms in total. The normalized spacial score (nSPS) is 13.6. The third-order valence-electron chi connectivity index (χ3n) is 6.42. The second-order valence-corrected chi connectivity index (χ2v) is 15.1. The number of para-hydroxylation sites is 1. The predicted molar refractivity (Wildman–Crippen MR) is 138 cm³/mol. The molecule has 0 spiro atoms. The van der Waals surface area contributed by atoms with Crippen LogP contribution in [0.4, 0.5) is 0 Å². The topological polar surface area (TPSA) is 52.8 Å². The molecule has 0 saturated heterocycles. The van der Waals surface area contributed by atoms with Gasteiger partial charge in [0.1, 0.15) is 12.0 Å². The van der Waals surface area contributed by atoms with Crippen LogP contribution in [0.3, 0.4) is 0 Å². The number of aromatic nitrogens is 4. The van der Waals surface area contributed by atoms with E-state index in [1.807, 2.05) is 36.7 Å². The van der Waals surface area contributed by atoms with Crippen LogP contribution in [0.1, 0.15) is 20.8 Å². The zero-order valence-corrected chi connectivity index (χ0v) is 21.8. The van der Waals surface area contributed by atoms with Crippen LogP contribution in [0.2, 0.25) is 18.1 Å². The number of benzene rings is 1. The zero-order valence-electron chi connectivity index (χ0n) is 19.3. The van der Waals surface area contributed by atoms with E-state index in [0.29, 0.717) is 6.54 Å². The van der Waals surface area contributed by atoms with Crippen LogP contribution >= 0.6 is 15.9 Å². The van der Waals surface area contributed by atoms with Crippen LogP contribution in [0.15, 0.2) is 66.3 Å². The molecule has 1 unspecified atom stereocenters. The van der Waals surface area contributed by atoms with E-state index in [9.17, 15) is 0 Å². The Kier molecular flexibility index (Phi) is 6.09. The summed E-state index contributed by atoms with van der Waals surface area (Å²) in [4.78, 5) is 13.6. The highest BCUT2D eigenvalue weighted by atomic mass is 79.9. The van der Waals surface area contributed by atoms with E-state index in [1.54, 1.807) is 6.33 Å². The van der Waals surface area contributed by atoms with Crippen molar-refractivity contribution in [3.05, 3.63) is 66.3 Å². The van der Waals surface area contributed by atoms with Gasteiger partial charge in [0.2, 0.25) is 0 Å². The van der Waals surface area contributed by atoms with E-state index in [1.165, 1.54) is 0 Å². The van der Waals surface area contributed by atoms with Gasteiger partial charge in [-0.2, -0.15) is 0 Å². The van der Waals surface area contributed by atoms with Gasteiger partial charge in [0, 0.05) is 34.3 Å². The van der Waals surface area contributed by atoms with Crippen molar-refractivity contribution in [2.75, 3.05) is 0 Å². The number of nitrogens with zero attached hydrogens (tertiary/aromatic N) is 4. The molecule has 1 aromatic carbocycles. The number of pyridine rings is 1. The number of rotatable bonds is 6. The molecule has 0 saturated carbocycles. The van der Waals surface area contributed by atoms with E-state index < -0.39 is 8.32 Å². The third kappa shape index (κ3) is 4.17. The number of hydrogen-bond acceptors (Lipinski definition) is 4. The Hall–Kier alpha value is -2.35. The van der Waals surface area contributed by atoms with Crippen molar-refractivity contribution in [3.63, 3.8) is 0 Å². The molecule has 166 valence electrons. The zero-order chi connectivity index (χ0) is 23.1. The van der Waals surface area contributed by atoms with Gasteiger partial charge in [0.05, 0.1) is 22.8 Å². The lowest BCUT2D eigenvalue weighted by Gasteiger charge is -2.38. The largest absolute Gasteiger partial charge is 0.409 e.